The summed E-state index contributed by atoms with van der Waals surface area (Å²) in [7, 11) is 1.39. The van der Waals surface area contributed by atoms with Crippen LogP contribution in [0, 0.1) is 5.92 Å². The first kappa shape index (κ1) is 9.24. The molecule has 1 fully saturated rings. The maximum Gasteiger partial charge on any atom is 0.356 e. The van der Waals surface area contributed by atoms with Crippen LogP contribution in [-0.2, 0) is 11.3 Å². The molecule has 0 unspecified atom stereocenters. The Labute approximate surface area is 82.9 Å². The summed E-state index contributed by atoms with van der Waals surface area (Å²) in [6, 6.07) is 0. The highest BCUT2D eigenvalue weighted by molar-refractivity contribution is 5.87. The fourth-order valence-corrected chi connectivity index (χ4v) is 1.69. The Balaban J connectivity index is 2.08. The van der Waals surface area contributed by atoms with Gasteiger partial charge >= 0.3 is 5.97 Å². The lowest BCUT2D eigenvalue weighted by Gasteiger charge is -2.25. The van der Waals surface area contributed by atoms with Crippen molar-refractivity contribution in [3.8, 4) is 0 Å². The summed E-state index contributed by atoms with van der Waals surface area (Å²) in [5, 5.41) is 0. The standard InChI is InChI=1S/C10H14N2O2/c1-14-10(13)9-5-11-7-12(9)6-8-3-2-4-8/h5,7-8H,2-4,6H2,1H3. The molecule has 1 aromatic heterocycles. The van der Waals surface area contributed by atoms with Crippen LogP contribution in [0.1, 0.15) is 29.8 Å². The fourth-order valence-electron chi connectivity index (χ4n) is 1.69. The summed E-state index contributed by atoms with van der Waals surface area (Å²) < 4.78 is 6.55. The topological polar surface area (TPSA) is 44.1 Å². The lowest BCUT2D eigenvalue weighted by atomic mass is 9.85. The van der Waals surface area contributed by atoms with Gasteiger partial charge in [-0.25, -0.2) is 9.78 Å². The number of esters is 1. The Morgan fingerprint density at radius 2 is 2.50 bits per heavy atom. The van der Waals surface area contributed by atoms with E-state index in [4.69, 9.17) is 0 Å². The molecule has 0 saturated heterocycles. The minimum Gasteiger partial charge on any atom is -0.464 e. The Morgan fingerprint density at radius 3 is 3.07 bits per heavy atom. The van der Waals surface area contributed by atoms with E-state index in [2.05, 4.69) is 9.72 Å². The maximum absolute atomic E-state index is 11.3. The molecule has 0 aliphatic heterocycles. The maximum atomic E-state index is 11.3. The number of methoxy groups -OCH3 is 1. The Bertz CT molecular complexity index is 329. The van der Waals surface area contributed by atoms with Crippen molar-refractivity contribution < 1.29 is 9.53 Å². The van der Waals surface area contributed by atoms with Gasteiger partial charge in [0.25, 0.3) is 0 Å². The fraction of sp³-hybridized carbons (Fsp3) is 0.600. The van der Waals surface area contributed by atoms with Crippen LogP contribution in [0.4, 0.5) is 0 Å². The second-order valence-corrected chi connectivity index (χ2v) is 3.72. The zero-order chi connectivity index (χ0) is 9.97. The summed E-state index contributed by atoms with van der Waals surface area (Å²) in [6.07, 6.45) is 7.10. The van der Waals surface area contributed by atoms with Gasteiger partial charge in [-0.3, -0.25) is 0 Å². The Kier molecular flexibility index (Phi) is 2.52. The number of hydrogen-bond donors (Lipinski definition) is 0. The van der Waals surface area contributed by atoms with Gasteiger partial charge in [-0.1, -0.05) is 6.42 Å². The van der Waals surface area contributed by atoms with Crippen LogP contribution in [-0.4, -0.2) is 22.6 Å². The zero-order valence-corrected chi connectivity index (χ0v) is 8.27. The number of imidazole rings is 1. The summed E-state index contributed by atoms with van der Waals surface area (Å²) >= 11 is 0. The van der Waals surface area contributed by atoms with Crippen molar-refractivity contribution in [3.05, 3.63) is 18.2 Å². The van der Waals surface area contributed by atoms with Gasteiger partial charge < -0.3 is 9.30 Å². The van der Waals surface area contributed by atoms with E-state index < -0.39 is 0 Å². The van der Waals surface area contributed by atoms with Gasteiger partial charge in [0.15, 0.2) is 0 Å². The molecule has 0 amide bonds. The Morgan fingerprint density at radius 1 is 1.71 bits per heavy atom. The van der Waals surface area contributed by atoms with E-state index in [-0.39, 0.29) is 5.97 Å². The van der Waals surface area contributed by atoms with Gasteiger partial charge in [-0.2, -0.15) is 0 Å². The highest BCUT2D eigenvalue weighted by Gasteiger charge is 2.20. The highest BCUT2D eigenvalue weighted by atomic mass is 16.5. The number of rotatable bonds is 3. The molecule has 4 heteroatoms. The molecule has 0 spiro atoms. The van der Waals surface area contributed by atoms with Gasteiger partial charge in [0.2, 0.25) is 0 Å². The summed E-state index contributed by atoms with van der Waals surface area (Å²) in [6.45, 7) is 0.893. The minimum atomic E-state index is -0.304. The van der Waals surface area contributed by atoms with E-state index in [9.17, 15) is 4.79 Å². The first-order valence-corrected chi connectivity index (χ1v) is 4.89. The SMILES string of the molecule is COC(=O)c1cncn1CC1CCC1. The number of aromatic nitrogens is 2. The van der Waals surface area contributed by atoms with Gasteiger partial charge in [0, 0.05) is 6.54 Å². The number of carbonyl (C=O) groups excluding carboxylic acids is 1. The van der Waals surface area contributed by atoms with Crippen LogP contribution in [0.15, 0.2) is 12.5 Å². The number of carbonyl (C=O) groups is 1. The van der Waals surface area contributed by atoms with Crippen LogP contribution < -0.4 is 0 Å². The summed E-state index contributed by atoms with van der Waals surface area (Å²) in [4.78, 5) is 15.3. The van der Waals surface area contributed by atoms with Crippen molar-refractivity contribution >= 4 is 5.97 Å². The molecule has 1 saturated carbocycles. The summed E-state index contributed by atoms with van der Waals surface area (Å²) in [5.74, 6) is 0.412. The lowest BCUT2D eigenvalue weighted by molar-refractivity contribution is 0.0586. The quantitative estimate of drug-likeness (QED) is 0.684. The van der Waals surface area contributed by atoms with E-state index in [1.807, 2.05) is 4.57 Å². The van der Waals surface area contributed by atoms with Crippen molar-refractivity contribution in [2.75, 3.05) is 7.11 Å². The third-order valence-corrected chi connectivity index (χ3v) is 2.79. The highest BCUT2D eigenvalue weighted by Crippen LogP contribution is 2.28. The van der Waals surface area contributed by atoms with Crippen molar-refractivity contribution in [3.63, 3.8) is 0 Å². The minimum absolute atomic E-state index is 0.304. The number of ether oxygens (including phenoxy) is 1. The second kappa shape index (κ2) is 3.82. The molecule has 14 heavy (non-hydrogen) atoms. The molecule has 1 aromatic rings. The molecular weight excluding hydrogens is 180 g/mol. The third kappa shape index (κ3) is 1.64. The Hall–Kier alpha value is -1.32. The van der Waals surface area contributed by atoms with E-state index in [1.165, 1.54) is 26.4 Å². The molecule has 0 bridgehead atoms. The van der Waals surface area contributed by atoms with Crippen LogP contribution in [0.5, 0.6) is 0 Å². The molecule has 0 atom stereocenters. The molecule has 0 aromatic carbocycles. The molecule has 2 rings (SSSR count). The van der Waals surface area contributed by atoms with Gasteiger partial charge in [0.1, 0.15) is 5.69 Å². The van der Waals surface area contributed by atoms with E-state index in [0.717, 1.165) is 6.54 Å². The first-order valence-electron chi connectivity index (χ1n) is 4.89. The van der Waals surface area contributed by atoms with Crippen LogP contribution >= 0.6 is 0 Å². The van der Waals surface area contributed by atoms with Gasteiger partial charge in [-0.05, 0) is 18.8 Å². The molecule has 4 nitrogen and oxygen atoms in total. The molecule has 0 N–H and O–H groups in total. The van der Waals surface area contributed by atoms with Gasteiger partial charge in [-0.15, -0.1) is 0 Å². The third-order valence-electron chi connectivity index (χ3n) is 2.79. The average Bonchev–Trinajstić information content (AvgIpc) is 2.58. The average molecular weight is 194 g/mol. The van der Waals surface area contributed by atoms with Crippen LogP contribution in [0.25, 0.3) is 0 Å². The molecule has 1 aliphatic carbocycles. The number of hydrogen-bond acceptors (Lipinski definition) is 3. The number of nitrogens with zero attached hydrogens (tertiary/aromatic N) is 2. The normalized spacial score (nSPS) is 16.4. The smallest absolute Gasteiger partial charge is 0.356 e. The lowest BCUT2D eigenvalue weighted by Crippen LogP contribution is -2.20. The summed E-state index contributed by atoms with van der Waals surface area (Å²) in [5.41, 5.74) is 0.555. The van der Waals surface area contributed by atoms with Gasteiger partial charge in [0.05, 0.1) is 19.6 Å². The van der Waals surface area contributed by atoms with Crippen molar-refractivity contribution in [1.82, 2.24) is 9.55 Å². The van der Waals surface area contributed by atoms with Crippen molar-refractivity contribution in [1.29, 1.82) is 0 Å². The van der Waals surface area contributed by atoms with E-state index >= 15 is 0 Å². The molecule has 1 heterocycles. The zero-order valence-electron chi connectivity index (χ0n) is 8.27. The molecule has 76 valence electrons. The molecule has 1 aliphatic rings. The first-order chi connectivity index (χ1) is 6.81. The van der Waals surface area contributed by atoms with E-state index in [0.29, 0.717) is 11.6 Å². The predicted octanol–water partition coefficient (Wildman–Crippen LogP) is 1.47. The van der Waals surface area contributed by atoms with Crippen LogP contribution in [0.2, 0.25) is 0 Å². The van der Waals surface area contributed by atoms with Crippen molar-refractivity contribution in [2.24, 2.45) is 5.92 Å². The van der Waals surface area contributed by atoms with E-state index in [1.54, 1.807) is 12.5 Å². The van der Waals surface area contributed by atoms with Crippen molar-refractivity contribution in [2.45, 2.75) is 25.8 Å². The second-order valence-electron chi connectivity index (χ2n) is 3.72. The predicted molar refractivity (Wildman–Crippen MR) is 50.9 cm³/mol. The molecular formula is C10H14N2O2. The largest absolute Gasteiger partial charge is 0.464 e. The monoisotopic (exact) mass is 194 g/mol. The van der Waals surface area contributed by atoms with Crippen LogP contribution in [0.3, 0.4) is 0 Å². The molecule has 0 radical (unpaired) electrons.